The van der Waals surface area contributed by atoms with Crippen molar-refractivity contribution in [3.63, 3.8) is 0 Å². The van der Waals surface area contributed by atoms with Gasteiger partial charge >= 0.3 is 0 Å². The minimum Gasteiger partial charge on any atom is -0.325 e. The second-order valence-corrected chi connectivity index (χ2v) is 10.9. The molecule has 2 aromatic carbocycles. The van der Waals surface area contributed by atoms with Gasteiger partial charge in [0.2, 0.25) is 15.9 Å². The van der Waals surface area contributed by atoms with Gasteiger partial charge in [0.1, 0.15) is 6.54 Å². The Balaban J connectivity index is 1.46. The van der Waals surface area contributed by atoms with Crippen molar-refractivity contribution in [3.05, 3.63) is 64.7 Å². The zero-order valence-electron chi connectivity index (χ0n) is 19.0. The van der Waals surface area contributed by atoms with Crippen molar-refractivity contribution in [1.29, 1.82) is 0 Å². The zero-order chi connectivity index (χ0) is 23.8. The summed E-state index contributed by atoms with van der Waals surface area (Å²) in [5, 5.41) is 3.17. The summed E-state index contributed by atoms with van der Waals surface area (Å²) in [7, 11) is -3.58. The molecule has 0 radical (unpaired) electrons. The molecular formula is C24H28N4O4S. The minimum absolute atomic E-state index is 0.195. The molecule has 0 aliphatic carbocycles. The molecule has 1 aliphatic heterocycles. The van der Waals surface area contributed by atoms with E-state index in [9.17, 15) is 18.0 Å². The summed E-state index contributed by atoms with van der Waals surface area (Å²) < 4.78 is 28.8. The lowest BCUT2D eigenvalue weighted by atomic mass is 9.94. The van der Waals surface area contributed by atoms with Crippen molar-refractivity contribution < 1.29 is 13.2 Å². The molecule has 1 amide bonds. The largest absolute Gasteiger partial charge is 0.325 e. The van der Waals surface area contributed by atoms with Crippen molar-refractivity contribution in [2.75, 3.05) is 18.4 Å². The number of amides is 1. The van der Waals surface area contributed by atoms with Gasteiger partial charge in [0.25, 0.3) is 5.56 Å². The maximum atomic E-state index is 13.0. The maximum Gasteiger partial charge on any atom is 0.261 e. The summed E-state index contributed by atoms with van der Waals surface area (Å²) >= 11 is 0. The summed E-state index contributed by atoms with van der Waals surface area (Å²) in [6.45, 7) is 6.84. The van der Waals surface area contributed by atoms with Crippen molar-refractivity contribution in [1.82, 2.24) is 13.9 Å². The fraction of sp³-hybridized carbons (Fsp3) is 0.375. The number of benzene rings is 2. The number of hydrogen-bond acceptors (Lipinski definition) is 5. The van der Waals surface area contributed by atoms with E-state index >= 15 is 0 Å². The summed E-state index contributed by atoms with van der Waals surface area (Å²) in [5.74, 6) is 0.234. The fourth-order valence-electron chi connectivity index (χ4n) is 4.47. The monoisotopic (exact) mass is 468 g/mol. The Hall–Kier alpha value is -3.04. The molecule has 3 aromatic rings. The van der Waals surface area contributed by atoms with Crippen LogP contribution in [0.4, 0.5) is 5.69 Å². The number of sulfonamides is 1. The number of para-hydroxylation sites is 1. The molecule has 2 heterocycles. The van der Waals surface area contributed by atoms with E-state index < -0.39 is 15.9 Å². The Morgan fingerprint density at radius 2 is 1.76 bits per heavy atom. The second-order valence-electron chi connectivity index (χ2n) is 8.99. The third kappa shape index (κ3) is 4.84. The summed E-state index contributed by atoms with van der Waals surface area (Å²) in [4.78, 5) is 29.7. The van der Waals surface area contributed by atoms with Gasteiger partial charge in [-0.3, -0.25) is 14.2 Å². The van der Waals surface area contributed by atoms with E-state index in [1.165, 1.54) is 23.0 Å². The van der Waals surface area contributed by atoms with Gasteiger partial charge in [0, 0.05) is 18.8 Å². The number of fused-ring (bicyclic) bond motifs is 1. The molecule has 9 heteroatoms. The highest BCUT2D eigenvalue weighted by Gasteiger charge is 2.31. The summed E-state index contributed by atoms with van der Waals surface area (Å²) in [5.41, 5.74) is 1.68. The van der Waals surface area contributed by atoms with Gasteiger partial charge in [0.15, 0.2) is 0 Å². The molecule has 1 saturated heterocycles. The first kappa shape index (κ1) is 23.1. The first-order chi connectivity index (χ1) is 15.6. The van der Waals surface area contributed by atoms with Gasteiger partial charge in [-0.05, 0) is 61.1 Å². The van der Waals surface area contributed by atoms with Crippen LogP contribution in [0.5, 0.6) is 0 Å². The molecule has 0 saturated carbocycles. The van der Waals surface area contributed by atoms with Crippen LogP contribution in [0.3, 0.4) is 0 Å². The number of piperidine rings is 1. The number of nitrogens with one attached hydrogen (secondary N) is 1. The molecular weight excluding hydrogens is 440 g/mol. The van der Waals surface area contributed by atoms with E-state index in [1.54, 1.807) is 28.6 Å². The lowest BCUT2D eigenvalue weighted by molar-refractivity contribution is -0.116. The van der Waals surface area contributed by atoms with Crippen LogP contribution >= 0.6 is 0 Å². The van der Waals surface area contributed by atoms with Crippen molar-refractivity contribution >= 4 is 32.5 Å². The Morgan fingerprint density at radius 1 is 1.09 bits per heavy atom. The number of carbonyl (C=O) groups is 1. The van der Waals surface area contributed by atoms with Gasteiger partial charge in [-0.15, -0.1) is 0 Å². The van der Waals surface area contributed by atoms with Gasteiger partial charge < -0.3 is 5.32 Å². The summed E-state index contributed by atoms with van der Waals surface area (Å²) in [6, 6.07) is 11.5. The molecule has 2 unspecified atom stereocenters. The van der Waals surface area contributed by atoms with Crippen LogP contribution in [0.2, 0.25) is 0 Å². The zero-order valence-corrected chi connectivity index (χ0v) is 19.8. The van der Waals surface area contributed by atoms with Crippen LogP contribution in [0, 0.1) is 18.8 Å². The normalized spacial score (nSPS) is 19.5. The van der Waals surface area contributed by atoms with Gasteiger partial charge in [-0.2, -0.15) is 4.31 Å². The Bertz CT molecular complexity index is 1340. The van der Waals surface area contributed by atoms with Gasteiger partial charge in [-0.1, -0.05) is 26.0 Å². The van der Waals surface area contributed by atoms with Crippen LogP contribution in [0.1, 0.15) is 25.8 Å². The molecule has 2 atom stereocenters. The molecule has 33 heavy (non-hydrogen) atoms. The third-order valence-electron chi connectivity index (χ3n) is 5.98. The SMILES string of the molecule is Cc1cccc2c(=O)n(CC(=O)Nc3ccc(S(=O)(=O)N4CC(C)CC(C)C4)cc3)cnc12. The number of nitrogens with zero attached hydrogens (tertiary/aromatic N) is 3. The second kappa shape index (κ2) is 9.07. The highest BCUT2D eigenvalue weighted by atomic mass is 32.2. The number of aromatic nitrogens is 2. The summed E-state index contributed by atoms with van der Waals surface area (Å²) in [6.07, 6.45) is 2.39. The maximum absolute atomic E-state index is 13.0. The van der Waals surface area contributed by atoms with E-state index in [4.69, 9.17) is 0 Å². The predicted octanol–water partition coefficient (Wildman–Crippen LogP) is 3.01. The lowest BCUT2D eigenvalue weighted by Crippen LogP contribution is -2.42. The standard InChI is InChI=1S/C24H28N4O4S/c1-16-11-17(2)13-28(12-16)33(31,32)20-9-7-19(8-10-20)26-22(29)14-27-15-25-23-18(3)5-4-6-21(23)24(27)30/h4-10,15-17H,11-14H2,1-3H3,(H,26,29). The molecule has 1 aromatic heterocycles. The number of aryl methyl sites for hydroxylation is 1. The molecule has 1 N–H and O–H groups in total. The Kier molecular flexibility index (Phi) is 6.36. The lowest BCUT2D eigenvalue weighted by Gasteiger charge is -2.34. The number of carbonyl (C=O) groups excluding carboxylic acids is 1. The van der Waals surface area contributed by atoms with E-state index in [-0.39, 0.29) is 17.0 Å². The van der Waals surface area contributed by atoms with Gasteiger partial charge in [-0.25, -0.2) is 13.4 Å². The van der Waals surface area contributed by atoms with Crippen LogP contribution in [0.25, 0.3) is 10.9 Å². The van der Waals surface area contributed by atoms with E-state index in [2.05, 4.69) is 24.1 Å². The Labute approximate surface area is 193 Å². The number of anilines is 1. The predicted molar refractivity (Wildman–Crippen MR) is 128 cm³/mol. The molecule has 0 spiro atoms. The first-order valence-corrected chi connectivity index (χ1v) is 12.4. The van der Waals surface area contributed by atoms with Crippen molar-refractivity contribution in [3.8, 4) is 0 Å². The Morgan fingerprint density at radius 3 is 2.42 bits per heavy atom. The smallest absolute Gasteiger partial charge is 0.261 e. The van der Waals surface area contributed by atoms with Crippen molar-refractivity contribution in [2.45, 2.75) is 38.6 Å². The highest BCUT2D eigenvalue weighted by Crippen LogP contribution is 2.27. The average molecular weight is 469 g/mol. The van der Waals surface area contributed by atoms with E-state index in [0.29, 0.717) is 41.5 Å². The van der Waals surface area contributed by atoms with Crippen LogP contribution in [0.15, 0.2) is 58.5 Å². The fourth-order valence-corrected chi connectivity index (χ4v) is 6.15. The van der Waals surface area contributed by atoms with Gasteiger partial charge in [0.05, 0.1) is 22.1 Å². The first-order valence-electron chi connectivity index (χ1n) is 11.0. The van der Waals surface area contributed by atoms with Crippen LogP contribution < -0.4 is 10.9 Å². The average Bonchev–Trinajstić information content (AvgIpc) is 2.76. The quantitative estimate of drug-likeness (QED) is 0.620. The third-order valence-corrected chi connectivity index (χ3v) is 7.83. The topological polar surface area (TPSA) is 101 Å². The molecule has 174 valence electrons. The molecule has 8 nitrogen and oxygen atoms in total. The molecule has 1 fully saturated rings. The highest BCUT2D eigenvalue weighted by molar-refractivity contribution is 7.89. The van der Waals surface area contributed by atoms with Crippen molar-refractivity contribution in [2.24, 2.45) is 11.8 Å². The van der Waals surface area contributed by atoms with E-state index in [1.807, 2.05) is 13.0 Å². The number of rotatable bonds is 5. The number of hydrogen-bond donors (Lipinski definition) is 1. The molecule has 1 aliphatic rings. The minimum atomic E-state index is -3.58. The van der Waals surface area contributed by atoms with Crippen LogP contribution in [-0.2, 0) is 21.4 Å². The van der Waals surface area contributed by atoms with E-state index in [0.717, 1.165) is 12.0 Å². The molecule has 4 rings (SSSR count). The molecule has 0 bridgehead atoms. The van der Waals surface area contributed by atoms with Crippen LogP contribution in [-0.4, -0.2) is 41.3 Å².